The number of nitrogens with one attached hydrogen (secondary N) is 1. The van der Waals surface area contributed by atoms with E-state index in [9.17, 15) is 9.59 Å². The topological polar surface area (TPSA) is 97.1 Å². The van der Waals surface area contributed by atoms with Crippen LogP contribution >= 0.6 is 15.9 Å². The van der Waals surface area contributed by atoms with Crippen LogP contribution in [0, 0.1) is 6.92 Å². The SMILES string of the molecule is Cc1cc(Br)ccc1C(=O)NCCn1cc(C(=O)O)nn1. The van der Waals surface area contributed by atoms with Gasteiger partial charge in [0.2, 0.25) is 0 Å². The molecule has 0 saturated carbocycles. The van der Waals surface area contributed by atoms with E-state index in [1.165, 1.54) is 10.9 Å². The van der Waals surface area contributed by atoms with Crippen molar-refractivity contribution in [3.63, 3.8) is 0 Å². The maximum Gasteiger partial charge on any atom is 0.358 e. The first-order valence-electron chi connectivity index (χ1n) is 6.15. The number of halogens is 1. The second-order valence-electron chi connectivity index (χ2n) is 4.39. The van der Waals surface area contributed by atoms with Gasteiger partial charge in [-0.1, -0.05) is 21.1 Å². The summed E-state index contributed by atoms with van der Waals surface area (Å²) in [6.07, 6.45) is 1.32. The average Bonchev–Trinajstić information content (AvgIpc) is 2.87. The highest BCUT2D eigenvalue weighted by atomic mass is 79.9. The number of benzene rings is 1. The molecule has 0 unspecified atom stereocenters. The van der Waals surface area contributed by atoms with E-state index >= 15 is 0 Å². The molecule has 0 radical (unpaired) electrons. The molecule has 0 saturated heterocycles. The van der Waals surface area contributed by atoms with Gasteiger partial charge in [0, 0.05) is 16.6 Å². The Morgan fingerprint density at radius 3 is 2.81 bits per heavy atom. The number of rotatable bonds is 5. The van der Waals surface area contributed by atoms with E-state index < -0.39 is 5.97 Å². The van der Waals surface area contributed by atoms with Crippen LogP contribution in [-0.4, -0.2) is 38.5 Å². The van der Waals surface area contributed by atoms with Gasteiger partial charge in [-0.25, -0.2) is 9.48 Å². The summed E-state index contributed by atoms with van der Waals surface area (Å²) in [6.45, 7) is 2.54. The quantitative estimate of drug-likeness (QED) is 0.849. The maximum absolute atomic E-state index is 12.0. The number of aromatic carboxylic acids is 1. The first-order chi connectivity index (χ1) is 9.97. The highest BCUT2D eigenvalue weighted by Crippen LogP contribution is 2.15. The number of nitrogens with zero attached hydrogens (tertiary/aromatic N) is 3. The Bertz CT molecular complexity index is 684. The van der Waals surface area contributed by atoms with Crippen molar-refractivity contribution >= 4 is 27.8 Å². The molecule has 0 aliphatic carbocycles. The number of aryl methyl sites for hydroxylation is 1. The standard InChI is InChI=1S/C13H13BrN4O3/c1-8-6-9(14)2-3-10(8)12(19)15-4-5-18-7-11(13(20)21)16-17-18/h2-3,6-7H,4-5H2,1H3,(H,15,19)(H,20,21). The van der Waals surface area contributed by atoms with E-state index in [1.807, 2.05) is 13.0 Å². The molecule has 1 amide bonds. The van der Waals surface area contributed by atoms with Crippen LogP contribution in [0.25, 0.3) is 0 Å². The third-order valence-corrected chi connectivity index (χ3v) is 3.31. The number of carboxylic acids is 1. The van der Waals surface area contributed by atoms with Crippen LogP contribution in [0.1, 0.15) is 26.4 Å². The summed E-state index contributed by atoms with van der Waals surface area (Å²) in [5.41, 5.74) is 1.35. The summed E-state index contributed by atoms with van der Waals surface area (Å²) in [4.78, 5) is 22.7. The monoisotopic (exact) mass is 352 g/mol. The molecule has 2 N–H and O–H groups in total. The highest BCUT2D eigenvalue weighted by Gasteiger charge is 2.10. The first-order valence-corrected chi connectivity index (χ1v) is 6.94. The van der Waals surface area contributed by atoms with Gasteiger partial charge in [-0.3, -0.25) is 4.79 Å². The Balaban J connectivity index is 1.90. The summed E-state index contributed by atoms with van der Waals surface area (Å²) >= 11 is 3.34. The zero-order valence-corrected chi connectivity index (χ0v) is 12.8. The normalized spacial score (nSPS) is 10.4. The number of carboxylic acid groups (broad SMARTS) is 1. The number of hydrogen-bond acceptors (Lipinski definition) is 4. The zero-order chi connectivity index (χ0) is 15.4. The molecule has 0 spiro atoms. The molecule has 0 aliphatic rings. The average molecular weight is 353 g/mol. The molecule has 0 atom stereocenters. The summed E-state index contributed by atoms with van der Waals surface area (Å²) < 4.78 is 2.29. The molecule has 1 aromatic carbocycles. The fourth-order valence-corrected chi connectivity index (χ4v) is 2.24. The van der Waals surface area contributed by atoms with Crippen LogP contribution in [-0.2, 0) is 6.54 Å². The Kier molecular flexibility index (Phi) is 4.69. The zero-order valence-electron chi connectivity index (χ0n) is 11.2. The minimum absolute atomic E-state index is 0.120. The second-order valence-corrected chi connectivity index (χ2v) is 5.30. The van der Waals surface area contributed by atoms with Crippen LogP contribution in [0.5, 0.6) is 0 Å². The van der Waals surface area contributed by atoms with E-state index in [-0.39, 0.29) is 11.6 Å². The Morgan fingerprint density at radius 2 is 2.19 bits per heavy atom. The number of carbonyl (C=O) groups is 2. The van der Waals surface area contributed by atoms with Crippen molar-refractivity contribution in [1.82, 2.24) is 20.3 Å². The van der Waals surface area contributed by atoms with Gasteiger partial charge in [-0.2, -0.15) is 0 Å². The Hall–Kier alpha value is -2.22. The predicted molar refractivity (Wildman–Crippen MR) is 78.2 cm³/mol. The van der Waals surface area contributed by atoms with E-state index in [0.29, 0.717) is 18.7 Å². The Morgan fingerprint density at radius 1 is 1.43 bits per heavy atom. The van der Waals surface area contributed by atoms with E-state index in [0.717, 1.165) is 10.0 Å². The molecule has 110 valence electrons. The smallest absolute Gasteiger partial charge is 0.358 e. The van der Waals surface area contributed by atoms with Crippen molar-refractivity contribution in [2.45, 2.75) is 13.5 Å². The van der Waals surface area contributed by atoms with Crippen molar-refractivity contribution in [2.24, 2.45) is 0 Å². The van der Waals surface area contributed by atoms with Gasteiger partial charge in [0.05, 0.1) is 12.7 Å². The van der Waals surface area contributed by atoms with Gasteiger partial charge in [0.25, 0.3) is 5.91 Å². The van der Waals surface area contributed by atoms with Gasteiger partial charge < -0.3 is 10.4 Å². The van der Waals surface area contributed by atoms with E-state index in [2.05, 4.69) is 31.6 Å². The lowest BCUT2D eigenvalue weighted by Crippen LogP contribution is -2.28. The fraction of sp³-hybridized carbons (Fsp3) is 0.231. The molecule has 2 rings (SSSR count). The van der Waals surface area contributed by atoms with Crippen LogP contribution in [0.15, 0.2) is 28.9 Å². The summed E-state index contributed by atoms with van der Waals surface area (Å²) in [6, 6.07) is 5.41. The van der Waals surface area contributed by atoms with Crippen molar-refractivity contribution < 1.29 is 14.7 Å². The lowest BCUT2D eigenvalue weighted by molar-refractivity contribution is 0.0690. The maximum atomic E-state index is 12.0. The Labute approximate surface area is 129 Å². The minimum atomic E-state index is -1.13. The molecule has 7 nitrogen and oxygen atoms in total. The lowest BCUT2D eigenvalue weighted by atomic mass is 10.1. The van der Waals surface area contributed by atoms with Crippen molar-refractivity contribution in [3.8, 4) is 0 Å². The number of carbonyl (C=O) groups excluding carboxylic acids is 1. The molecule has 8 heteroatoms. The molecule has 1 aromatic heterocycles. The molecule has 21 heavy (non-hydrogen) atoms. The lowest BCUT2D eigenvalue weighted by Gasteiger charge is -2.07. The molecule has 1 heterocycles. The van der Waals surface area contributed by atoms with Gasteiger partial charge in [-0.05, 0) is 30.7 Å². The molecular weight excluding hydrogens is 340 g/mol. The molecule has 0 aliphatic heterocycles. The van der Waals surface area contributed by atoms with Crippen molar-refractivity contribution in [1.29, 1.82) is 0 Å². The number of aromatic nitrogens is 3. The van der Waals surface area contributed by atoms with Crippen LogP contribution in [0.3, 0.4) is 0 Å². The van der Waals surface area contributed by atoms with Gasteiger partial charge in [0.15, 0.2) is 5.69 Å². The summed E-state index contributed by atoms with van der Waals surface area (Å²) in [7, 11) is 0. The van der Waals surface area contributed by atoms with Crippen molar-refractivity contribution in [3.05, 3.63) is 45.7 Å². The summed E-state index contributed by atoms with van der Waals surface area (Å²) in [5.74, 6) is -1.31. The molecule has 0 fully saturated rings. The third kappa shape index (κ3) is 3.88. The number of hydrogen-bond donors (Lipinski definition) is 2. The van der Waals surface area contributed by atoms with Gasteiger partial charge in [0.1, 0.15) is 0 Å². The molecule has 2 aromatic rings. The van der Waals surface area contributed by atoms with Crippen LogP contribution in [0.4, 0.5) is 0 Å². The molecular formula is C13H13BrN4O3. The molecule has 0 bridgehead atoms. The predicted octanol–water partition coefficient (Wildman–Crippen LogP) is 1.48. The van der Waals surface area contributed by atoms with Crippen LogP contribution in [0.2, 0.25) is 0 Å². The van der Waals surface area contributed by atoms with E-state index in [4.69, 9.17) is 5.11 Å². The van der Waals surface area contributed by atoms with Crippen molar-refractivity contribution in [2.75, 3.05) is 6.54 Å². The minimum Gasteiger partial charge on any atom is -0.476 e. The number of amides is 1. The van der Waals surface area contributed by atoms with Gasteiger partial charge in [-0.15, -0.1) is 5.10 Å². The fourth-order valence-electron chi connectivity index (χ4n) is 1.77. The third-order valence-electron chi connectivity index (χ3n) is 2.82. The second kappa shape index (κ2) is 6.49. The van der Waals surface area contributed by atoms with Crippen LogP contribution < -0.4 is 5.32 Å². The van der Waals surface area contributed by atoms with E-state index in [1.54, 1.807) is 12.1 Å². The highest BCUT2D eigenvalue weighted by molar-refractivity contribution is 9.10. The first kappa shape index (κ1) is 15.2. The van der Waals surface area contributed by atoms with Gasteiger partial charge >= 0.3 is 5.97 Å². The summed E-state index contributed by atoms with van der Waals surface area (Å²) in [5, 5.41) is 18.6. The largest absolute Gasteiger partial charge is 0.476 e.